The first-order valence-corrected chi connectivity index (χ1v) is 14.6. The molecule has 5 rings (SSSR count). The van der Waals surface area contributed by atoms with E-state index in [1.165, 1.54) is 21.1 Å². The summed E-state index contributed by atoms with van der Waals surface area (Å²) in [5, 5.41) is 3.49. The molecule has 4 aromatic carbocycles. The van der Waals surface area contributed by atoms with E-state index < -0.39 is 0 Å². The van der Waals surface area contributed by atoms with Crippen LogP contribution in [0.15, 0.2) is 118 Å². The predicted molar refractivity (Wildman–Crippen MR) is 158 cm³/mol. The molecule has 0 radical (unpaired) electrons. The molecule has 0 saturated carbocycles. The first kappa shape index (κ1) is 27.4. The summed E-state index contributed by atoms with van der Waals surface area (Å²) >= 11 is 1.41. The van der Waals surface area contributed by atoms with Gasteiger partial charge in [-0.1, -0.05) is 61.6 Å². The van der Waals surface area contributed by atoms with Gasteiger partial charge in [0.2, 0.25) is 0 Å². The predicted octanol–water partition coefficient (Wildman–Crippen LogP) is 8.04. The number of anilines is 1. The van der Waals surface area contributed by atoms with Crippen LogP contribution in [0.1, 0.15) is 31.1 Å². The summed E-state index contributed by atoms with van der Waals surface area (Å²) in [6.07, 6.45) is 0. The third kappa shape index (κ3) is 6.81. The number of carbonyl (C=O) groups is 1. The van der Waals surface area contributed by atoms with Gasteiger partial charge in [-0.3, -0.25) is 10.1 Å². The van der Waals surface area contributed by atoms with E-state index in [2.05, 4.69) is 58.8 Å². The summed E-state index contributed by atoms with van der Waals surface area (Å²) in [5.74, 6) is 0.521. The highest BCUT2D eigenvalue weighted by atomic mass is 32.2. The molecule has 5 nitrogen and oxygen atoms in total. The van der Waals surface area contributed by atoms with Gasteiger partial charge in [-0.25, -0.2) is 4.98 Å². The number of amides is 1. The van der Waals surface area contributed by atoms with Crippen molar-refractivity contribution in [3.63, 3.8) is 0 Å². The summed E-state index contributed by atoms with van der Waals surface area (Å²) < 4.78 is 11.8. The molecule has 0 aliphatic carbocycles. The molecule has 0 unspecified atom stereocenters. The highest BCUT2D eigenvalue weighted by Gasteiger charge is 2.28. The lowest BCUT2D eigenvalue weighted by Crippen LogP contribution is -2.12. The Morgan fingerprint density at radius 3 is 2.05 bits per heavy atom. The smallest absolute Gasteiger partial charge is 0.257 e. The Labute approximate surface area is 230 Å². The fraction of sp³-hybridized carbons (Fsp3) is 0.161. The van der Waals surface area contributed by atoms with Gasteiger partial charge in [-0.05, 0) is 73.7 Å². The minimum atomic E-state index is -0.253. The highest BCUT2D eigenvalue weighted by molar-refractivity contribution is 7.97. The van der Waals surface area contributed by atoms with Gasteiger partial charge in [0.05, 0.1) is 21.1 Å². The molecule has 0 aliphatic rings. The zero-order valence-electron chi connectivity index (χ0n) is 21.7. The van der Waals surface area contributed by atoms with Crippen LogP contribution in [0, 0.1) is 0 Å². The number of hydrogen-bond donors (Lipinski definition) is 1. The first-order valence-electron chi connectivity index (χ1n) is 12.6. The fourth-order valence-corrected chi connectivity index (χ4v) is 6.65. The normalized spacial score (nSPS) is 10.6. The van der Waals surface area contributed by atoms with Crippen molar-refractivity contribution in [1.82, 2.24) is 4.98 Å². The molecule has 1 aromatic heterocycles. The van der Waals surface area contributed by atoms with Gasteiger partial charge in [-0.15, -0.1) is 0 Å². The standard InChI is InChI=1S/C29H24N2O3S2.C2H6/c1-2-33-20-34-22-15-18-26-27(19-22)35-29(30-26)31-28(32)21-13-16-25(17-14-21)36(23-9-5-3-6-10-23)24-11-7-4-8-12-24;1-2/h3-19H,2,20H2,1H3;1-2H3/p+1. The molecule has 1 amide bonds. The summed E-state index contributed by atoms with van der Waals surface area (Å²) in [4.78, 5) is 21.1. The molecule has 0 aliphatic heterocycles. The largest absolute Gasteiger partial charge is 0.468 e. The van der Waals surface area contributed by atoms with Crippen LogP contribution < -0.4 is 10.1 Å². The number of fused-ring (bicyclic) bond motifs is 1. The van der Waals surface area contributed by atoms with E-state index >= 15 is 0 Å². The van der Waals surface area contributed by atoms with Crippen molar-refractivity contribution >= 4 is 43.5 Å². The number of ether oxygens (including phenoxy) is 2. The minimum absolute atomic E-state index is 0.187. The molecule has 0 atom stereocenters. The highest BCUT2D eigenvalue weighted by Crippen LogP contribution is 2.32. The van der Waals surface area contributed by atoms with E-state index in [1.54, 1.807) is 0 Å². The molecule has 0 fully saturated rings. The maximum absolute atomic E-state index is 13.0. The van der Waals surface area contributed by atoms with Crippen LogP contribution >= 0.6 is 11.3 Å². The Morgan fingerprint density at radius 1 is 0.842 bits per heavy atom. The lowest BCUT2D eigenvalue weighted by Gasteiger charge is -2.08. The van der Waals surface area contributed by atoms with Crippen LogP contribution in [-0.4, -0.2) is 24.3 Å². The molecule has 0 bridgehead atoms. The summed E-state index contributed by atoms with van der Waals surface area (Å²) in [6.45, 7) is 6.72. The van der Waals surface area contributed by atoms with Gasteiger partial charge in [0.25, 0.3) is 5.91 Å². The number of hydrogen-bond acceptors (Lipinski definition) is 5. The van der Waals surface area contributed by atoms with Crippen LogP contribution in [0.2, 0.25) is 0 Å². The lowest BCUT2D eigenvalue weighted by atomic mass is 10.2. The quantitative estimate of drug-likeness (QED) is 0.116. The van der Waals surface area contributed by atoms with E-state index in [4.69, 9.17) is 9.47 Å². The van der Waals surface area contributed by atoms with E-state index in [0.29, 0.717) is 23.1 Å². The lowest BCUT2D eigenvalue weighted by molar-refractivity contribution is 0.0225. The van der Waals surface area contributed by atoms with Crippen LogP contribution in [0.3, 0.4) is 0 Å². The van der Waals surface area contributed by atoms with Crippen molar-refractivity contribution in [2.45, 2.75) is 35.5 Å². The Kier molecular flexibility index (Phi) is 9.92. The number of benzene rings is 4. The second-order valence-corrected chi connectivity index (χ2v) is 10.9. The summed E-state index contributed by atoms with van der Waals surface area (Å²) in [6, 6.07) is 34.4. The third-order valence-corrected chi connectivity index (χ3v) is 8.57. The van der Waals surface area contributed by atoms with Gasteiger partial charge in [0.15, 0.2) is 26.6 Å². The number of nitrogens with one attached hydrogen (secondary N) is 1. The number of rotatable bonds is 9. The van der Waals surface area contributed by atoms with Gasteiger partial charge in [0.1, 0.15) is 5.75 Å². The van der Waals surface area contributed by atoms with Crippen molar-refractivity contribution in [3.05, 3.63) is 109 Å². The SMILES string of the molecule is CC.CCOCOc1ccc2nc(NC(=O)c3ccc([S+](c4ccccc4)c4ccccc4)cc3)sc2c1. The van der Waals surface area contributed by atoms with Crippen molar-refractivity contribution < 1.29 is 14.3 Å². The van der Waals surface area contributed by atoms with Crippen LogP contribution in [0.4, 0.5) is 5.13 Å². The maximum Gasteiger partial charge on any atom is 0.257 e. The minimum Gasteiger partial charge on any atom is -0.468 e. The molecule has 7 heteroatoms. The number of aromatic nitrogens is 1. The number of carbonyl (C=O) groups excluding carboxylic acids is 1. The molecule has 194 valence electrons. The van der Waals surface area contributed by atoms with Crippen molar-refractivity contribution in [3.8, 4) is 5.75 Å². The third-order valence-electron chi connectivity index (χ3n) is 5.40. The van der Waals surface area contributed by atoms with Crippen molar-refractivity contribution in [2.75, 3.05) is 18.7 Å². The average Bonchev–Trinajstić information content (AvgIpc) is 3.37. The second kappa shape index (κ2) is 13.8. The summed E-state index contributed by atoms with van der Waals surface area (Å²) in [7, 11) is -0.253. The molecule has 0 spiro atoms. The Bertz CT molecular complexity index is 1400. The molecule has 1 heterocycles. The van der Waals surface area contributed by atoms with Crippen molar-refractivity contribution in [1.29, 1.82) is 0 Å². The van der Waals surface area contributed by atoms with Crippen LogP contribution in [-0.2, 0) is 15.6 Å². The van der Waals surface area contributed by atoms with Crippen molar-refractivity contribution in [2.24, 2.45) is 0 Å². The van der Waals surface area contributed by atoms with Gasteiger partial charge in [-0.2, -0.15) is 0 Å². The first-order chi connectivity index (χ1) is 18.7. The number of thiazole rings is 1. The molecule has 0 saturated heterocycles. The topological polar surface area (TPSA) is 60.5 Å². The fourth-order valence-electron chi connectivity index (χ4n) is 3.67. The molecule has 38 heavy (non-hydrogen) atoms. The summed E-state index contributed by atoms with van der Waals surface area (Å²) in [5.41, 5.74) is 1.40. The Balaban J connectivity index is 0.00000164. The molecular weight excluding hydrogens is 512 g/mol. The van der Waals surface area contributed by atoms with E-state index in [0.717, 1.165) is 15.1 Å². The van der Waals surface area contributed by atoms with Gasteiger partial charge < -0.3 is 9.47 Å². The van der Waals surface area contributed by atoms with Gasteiger partial charge >= 0.3 is 0 Å². The maximum atomic E-state index is 13.0. The monoisotopic (exact) mass is 543 g/mol. The van der Waals surface area contributed by atoms with Crippen LogP contribution in [0.5, 0.6) is 5.75 Å². The van der Waals surface area contributed by atoms with Crippen LogP contribution in [0.25, 0.3) is 10.2 Å². The Morgan fingerprint density at radius 2 is 1.45 bits per heavy atom. The molecular formula is C31H31N2O3S2+. The number of nitrogens with zero attached hydrogens (tertiary/aromatic N) is 1. The zero-order valence-corrected chi connectivity index (χ0v) is 23.4. The second-order valence-electron chi connectivity index (χ2n) is 7.81. The average molecular weight is 544 g/mol. The zero-order chi connectivity index (χ0) is 26.7. The van der Waals surface area contributed by atoms with E-state index in [9.17, 15) is 4.79 Å². The van der Waals surface area contributed by atoms with Gasteiger partial charge in [0, 0.05) is 12.2 Å². The Hall–Kier alpha value is -3.65. The van der Waals surface area contributed by atoms with E-state index in [-0.39, 0.29) is 23.6 Å². The molecule has 5 aromatic rings. The molecule has 1 N–H and O–H groups in total. The van der Waals surface area contributed by atoms with E-state index in [1.807, 2.05) is 75.4 Å².